The number of methoxy groups -OCH3 is 1. The molecule has 106 valence electrons. The minimum Gasteiger partial charge on any atom is -0.493 e. The number of rotatable bonds is 5. The second kappa shape index (κ2) is 5.64. The SMILES string of the molecule is COc1cc(-c2cc(C(=O)O)[nH]n2)ccc1OC(C)C. The lowest BCUT2D eigenvalue weighted by Crippen LogP contribution is -2.06. The summed E-state index contributed by atoms with van der Waals surface area (Å²) in [6, 6.07) is 6.82. The van der Waals surface area contributed by atoms with Crippen LogP contribution in [0.3, 0.4) is 0 Å². The second-order valence-electron chi connectivity index (χ2n) is 4.50. The van der Waals surface area contributed by atoms with Crippen LogP contribution in [0.2, 0.25) is 0 Å². The molecule has 6 heteroatoms. The Kier molecular flexibility index (Phi) is 3.93. The third-order valence-electron chi connectivity index (χ3n) is 2.63. The highest BCUT2D eigenvalue weighted by atomic mass is 16.5. The summed E-state index contributed by atoms with van der Waals surface area (Å²) in [7, 11) is 1.56. The standard InChI is InChI=1S/C14H16N2O4/c1-8(2)20-12-5-4-9(6-13(12)19-3)10-7-11(14(17)18)16-15-10/h4-8H,1-3H3,(H,15,16)(H,17,18). The first-order chi connectivity index (χ1) is 9.51. The molecule has 0 saturated carbocycles. The molecule has 20 heavy (non-hydrogen) atoms. The van der Waals surface area contributed by atoms with Gasteiger partial charge in [0.1, 0.15) is 5.69 Å². The summed E-state index contributed by atoms with van der Waals surface area (Å²) in [6.07, 6.45) is 0.0405. The quantitative estimate of drug-likeness (QED) is 0.876. The Balaban J connectivity index is 2.35. The predicted octanol–water partition coefficient (Wildman–Crippen LogP) is 2.57. The smallest absolute Gasteiger partial charge is 0.353 e. The van der Waals surface area contributed by atoms with Gasteiger partial charge in [-0.3, -0.25) is 5.10 Å². The van der Waals surface area contributed by atoms with Crippen LogP contribution >= 0.6 is 0 Å². The van der Waals surface area contributed by atoms with Crippen molar-refractivity contribution in [1.29, 1.82) is 0 Å². The Morgan fingerprint density at radius 2 is 2.05 bits per heavy atom. The second-order valence-corrected chi connectivity index (χ2v) is 4.50. The van der Waals surface area contributed by atoms with Gasteiger partial charge in [0.25, 0.3) is 0 Å². The Bertz CT molecular complexity index is 619. The molecule has 0 aliphatic rings. The van der Waals surface area contributed by atoms with Gasteiger partial charge in [-0.15, -0.1) is 0 Å². The van der Waals surface area contributed by atoms with Crippen LogP contribution in [0.5, 0.6) is 11.5 Å². The molecule has 0 unspecified atom stereocenters. The molecule has 2 aromatic rings. The lowest BCUT2D eigenvalue weighted by atomic mass is 10.1. The first-order valence-electron chi connectivity index (χ1n) is 6.15. The lowest BCUT2D eigenvalue weighted by molar-refractivity contribution is 0.0690. The van der Waals surface area contributed by atoms with E-state index >= 15 is 0 Å². The Hall–Kier alpha value is -2.50. The fourth-order valence-electron chi connectivity index (χ4n) is 1.76. The molecule has 1 heterocycles. The molecule has 1 aromatic carbocycles. The molecule has 0 saturated heterocycles. The first kappa shape index (κ1) is 13.9. The summed E-state index contributed by atoms with van der Waals surface area (Å²) in [5.41, 5.74) is 1.33. The highest BCUT2D eigenvalue weighted by molar-refractivity contribution is 5.86. The molecular weight excluding hydrogens is 260 g/mol. The number of aromatic amines is 1. The van der Waals surface area contributed by atoms with E-state index in [1.165, 1.54) is 6.07 Å². The molecule has 2 N–H and O–H groups in total. The van der Waals surface area contributed by atoms with Crippen molar-refractivity contribution in [2.75, 3.05) is 7.11 Å². The summed E-state index contributed by atoms with van der Waals surface area (Å²) >= 11 is 0. The van der Waals surface area contributed by atoms with Gasteiger partial charge in [-0.1, -0.05) is 0 Å². The van der Waals surface area contributed by atoms with Crippen LogP contribution in [0.25, 0.3) is 11.3 Å². The number of aromatic carboxylic acids is 1. The Morgan fingerprint density at radius 1 is 1.30 bits per heavy atom. The van der Waals surface area contributed by atoms with Crippen LogP contribution in [0.4, 0.5) is 0 Å². The number of benzene rings is 1. The largest absolute Gasteiger partial charge is 0.493 e. The van der Waals surface area contributed by atoms with E-state index in [0.717, 1.165) is 5.56 Å². The highest BCUT2D eigenvalue weighted by Crippen LogP contribution is 2.32. The molecule has 0 atom stereocenters. The van der Waals surface area contributed by atoms with Crippen molar-refractivity contribution in [3.05, 3.63) is 30.0 Å². The van der Waals surface area contributed by atoms with Gasteiger partial charge in [-0.2, -0.15) is 5.10 Å². The van der Waals surface area contributed by atoms with Gasteiger partial charge in [-0.05, 0) is 38.1 Å². The fourth-order valence-corrected chi connectivity index (χ4v) is 1.76. The van der Waals surface area contributed by atoms with Gasteiger partial charge in [0.2, 0.25) is 0 Å². The molecular formula is C14H16N2O4. The summed E-state index contributed by atoms with van der Waals surface area (Å²) in [4.78, 5) is 10.8. The number of carboxylic acid groups (broad SMARTS) is 1. The van der Waals surface area contributed by atoms with Gasteiger partial charge < -0.3 is 14.6 Å². The van der Waals surface area contributed by atoms with E-state index in [1.54, 1.807) is 19.2 Å². The van der Waals surface area contributed by atoms with Crippen LogP contribution in [-0.2, 0) is 0 Å². The van der Waals surface area contributed by atoms with Crippen LogP contribution in [0.1, 0.15) is 24.3 Å². The van der Waals surface area contributed by atoms with Gasteiger partial charge in [0.15, 0.2) is 11.5 Å². The number of hydrogen-bond acceptors (Lipinski definition) is 4. The summed E-state index contributed by atoms with van der Waals surface area (Å²) in [5.74, 6) is 0.173. The van der Waals surface area contributed by atoms with Crippen molar-refractivity contribution in [2.24, 2.45) is 0 Å². The van der Waals surface area contributed by atoms with Crippen molar-refractivity contribution in [3.8, 4) is 22.8 Å². The molecule has 0 fully saturated rings. The molecule has 1 aromatic heterocycles. The van der Waals surface area contributed by atoms with Gasteiger partial charge in [0, 0.05) is 5.56 Å². The minimum atomic E-state index is -1.05. The third kappa shape index (κ3) is 2.90. The summed E-state index contributed by atoms with van der Waals surface area (Å²) in [6.45, 7) is 3.86. The minimum absolute atomic E-state index is 0.0405. The molecule has 0 aliphatic heterocycles. The topological polar surface area (TPSA) is 84.4 Å². The van der Waals surface area contributed by atoms with E-state index < -0.39 is 5.97 Å². The number of hydrogen-bond donors (Lipinski definition) is 2. The van der Waals surface area contributed by atoms with Gasteiger partial charge in [-0.25, -0.2) is 4.79 Å². The van der Waals surface area contributed by atoms with E-state index in [9.17, 15) is 4.79 Å². The molecule has 0 amide bonds. The van der Waals surface area contributed by atoms with Crippen molar-refractivity contribution in [3.63, 3.8) is 0 Å². The van der Waals surface area contributed by atoms with Gasteiger partial charge >= 0.3 is 5.97 Å². The molecule has 0 spiro atoms. The number of ether oxygens (including phenoxy) is 2. The molecule has 2 rings (SSSR count). The maximum absolute atomic E-state index is 10.8. The number of aromatic nitrogens is 2. The summed E-state index contributed by atoms with van der Waals surface area (Å²) < 4.78 is 10.9. The molecule has 0 aliphatic carbocycles. The van der Waals surface area contributed by atoms with Crippen molar-refractivity contribution >= 4 is 5.97 Å². The molecule has 6 nitrogen and oxygen atoms in total. The number of carboxylic acids is 1. The Morgan fingerprint density at radius 3 is 2.60 bits per heavy atom. The number of nitrogens with zero attached hydrogens (tertiary/aromatic N) is 1. The molecule has 0 bridgehead atoms. The van der Waals surface area contributed by atoms with E-state index in [0.29, 0.717) is 17.2 Å². The zero-order valence-corrected chi connectivity index (χ0v) is 11.5. The Labute approximate surface area is 116 Å². The van der Waals surface area contributed by atoms with E-state index in [4.69, 9.17) is 14.6 Å². The van der Waals surface area contributed by atoms with Crippen LogP contribution in [-0.4, -0.2) is 34.5 Å². The van der Waals surface area contributed by atoms with Crippen LogP contribution < -0.4 is 9.47 Å². The third-order valence-corrected chi connectivity index (χ3v) is 2.63. The van der Waals surface area contributed by atoms with Crippen molar-refractivity contribution < 1.29 is 19.4 Å². The van der Waals surface area contributed by atoms with Gasteiger partial charge in [0.05, 0.1) is 18.9 Å². The monoisotopic (exact) mass is 276 g/mol. The lowest BCUT2D eigenvalue weighted by Gasteiger charge is -2.14. The fraction of sp³-hybridized carbons (Fsp3) is 0.286. The number of carbonyl (C=O) groups is 1. The maximum Gasteiger partial charge on any atom is 0.353 e. The first-order valence-corrected chi connectivity index (χ1v) is 6.15. The predicted molar refractivity (Wildman–Crippen MR) is 73.3 cm³/mol. The van der Waals surface area contributed by atoms with Crippen LogP contribution in [0, 0.1) is 0 Å². The maximum atomic E-state index is 10.8. The molecule has 0 radical (unpaired) electrons. The highest BCUT2D eigenvalue weighted by Gasteiger charge is 2.12. The normalized spacial score (nSPS) is 10.6. The zero-order chi connectivity index (χ0) is 14.7. The van der Waals surface area contributed by atoms with E-state index in [-0.39, 0.29) is 11.8 Å². The number of H-pyrrole nitrogens is 1. The zero-order valence-electron chi connectivity index (χ0n) is 11.5. The van der Waals surface area contributed by atoms with Crippen molar-refractivity contribution in [2.45, 2.75) is 20.0 Å². The van der Waals surface area contributed by atoms with E-state index in [1.807, 2.05) is 19.9 Å². The summed E-state index contributed by atoms with van der Waals surface area (Å²) in [5, 5.41) is 15.3. The van der Waals surface area contributed by atoms with Crippen molar-refractivity contribution in [1.82, 2.24) is 10.2 Å². The number of nitrogens with one attached hydrogen (secondary N) is 1. The van der Waals surface area contributed by atoms with E-state index in [2.05, 4.69) is 10.2 Å². The van der Waals surface area contributed by atoms with Crippen LogP contribution in [0.15, 0.2) is 24.3 Å². The average molecular weight is 276 g/mol. The average Bonchev–Trinajstić information content (AvgIpc) is 2.88.